The predicted molar refractivity (Wildman–Crippen MR) is 134 cm³/mol. The van der Waals surface area contributed by atoms with Crippen LogP contribution in [0.2, 0.25) is 0 Å². The van der Waals surface area contributed by atoms with Crippen LogP contribution in [0.5, 0.6) is 0 Å². The summed E-state index contributed by atoms with van der Waals surface area (Å²) in [5, 5.41) is 11.5. The summed E-state index contributed by atoms with van der Waals surface area (Å²) in [5.74, 6) is 2.71. The topological polar surface area (TPSA) is 79.8 Å². The van der Waals surface area contributed by atoms with E-state index in [9.17, 15) is 0 Å². The summed E-state index contributed by atoms with van der Waals surface area (Å²) in [5.41, 5.74) is 3.60. The van der Waals surface area contributed by atoms with Gasteiger partial charge in [-0.2, -0.15) is 5.10 Å². The third-order valence-corrected chi connectivity index (χ3v) is 5.81. The Balaban J connectivity index is 0.00000341. The van der Waals surface area contributed by atoms with Gasteiger partial charge < -0.3 is 19.8 Å². The Morgan fingerprint density at radius 3 is 2.48 bits per heavy atom. The van der Waals surface area contributed by atoms with Gasteiger partial charge in [-0.1, -0.05) is 0 Å². The van der Waals surface area contributed by atoms with E-state index in [0.717, 1.165) is 55.9 Å². The molecule has 0 amide bonds. The van der Waals surface area contributed by atoms with E-state index in [2.05, 4.69) is 52.5 Å². The molecule has 1 fully saturated rings. The molecule has 0 aliphatic carbocycles. The number of halogens is 1. The fraction of sp³-hybridized carbons (Fsp3) is 0.636. The Morgan fingerprint density at radius 2 is 1.94 bits per heavy atom. The first-order chi connectivity index (χ1) is 14.4. The molecule has 8 nitrogen and oxygen atoms in total. The van der Waals surface area contributed by atoms with Gasteiger partial charge in [0.05, 0.1) is 24.9 Å². The van der Waals surface area contributed by atoms with E-state index in [1.165, 1.54) is 11.3 Å². The van der Waals surface area contributed by atoms with Crippen molar-refractivity contribution in [2.24, 2.45) is 12.0 Å². The highest BCUT2D eigenvalue weighted by Crippen LogP contribution is 2.23. The van der Waals surface area contributed by atoms with Crippen LogP contribution in [0.25, 0.3) is 0 Å². The maximum atomic E-state index is 5.96. The third-order valence-electron chi connectivity index (χ3n) is 5.81. The van der Waals surface area contributed by atoms with Gasteiger partial charge in [-0.15, -0.1) is 24.0 Å². The van der Waals surface area contributed by atoms with E-state index in [0.29, 0.717) is 6.54 Å². The van der Waals surface area contributed by atoms with Crippen LogP contribution in [0.1, 0.15) is 41.4 Å². The van der Waals surface area contributed by atoms with Crippen molar-refractivity contribution in [3.63, 3.8) is 0 Å². The number of rotatable bonds is 7. The molecule has 0 radical (unpaired) electrons. The largest absolute Gasteiger partial charge is 0.465 e. The molecule has 3 rings (SSSR count). The fourth-order valence-electron chi connectivity index (χ4n) is 4.02. The first-order valence-electron chi connectivity index (χ1n) is 10.7. The first kappa shape index (κ1) is 25.7. The van der Waals surface area contributed by atoms with Crippen LogP contribution in [0.3, 0.4) is 0 Å². The normalized spacial score (nSPS) is 17.2. The van der Waals surface area contributed by atoms with Crippen LogP contribution in [-0.4, -0.2) is 66.6 Å². The quantitative estimate of drug-likeness (QED) is 0.317. The number of hydrogen-bond donors (Lipinski definition) is 2. The van der Waals surface area contributed by atoms with E-state index in [1.54, 1.807) is 0 Å². The molecule has 2 aromatic heterocycles. The van der Waals surface area contributed by atoms with Gasteiger partial charge in [0.1, 0.15) is 11.5 Å². The van der Waals surface area contributed by atoms with Gasteiger partial charge in [-0.3, -0.25) is 14.6 Å². The second-order valence-corrected chi connectivity index (χ2v) is 8.09. The summed E-state index contributed by atoms with van der Waals surface area (Å²) in [6, 6.07) is 4.46. The van der Waals surface area contributed by atoms with Gasteiger partial charge in [0, 0.05) is 45.5 Å². The van der Waals surface area contributed by atoms with Gasteiger partial charge >= 0.3 is 0 Å². The number of hydrogen-bond acceptors (Lipinski definition) is 5. The molecule has 0 spiro atoms. The van der Waals surface area contributed by atoms with Crippen molar-refractivity contribution in [1.29, 1.82) is 0 Å². The zero-order valence-corrected chi connectivity index (χ0v) is 21.9. The standard InChI is InChI=1S/C22H36N6O2.HI/c1-15(13-19-17(3)26-27(6)18(19)4)25-22(23-5)24-14-20(21-8-7-16(2)30-21)28-9-11-29-12-10-28;/h7-8,15,20H,9-14H2,1-6H3,(H2,23,24,25);1H. The van der Waals surface area contributed by atoms with Crippen LogP contribution in [0, 0.1) is 20.8 Å². The lowest BCUT2D eigenvalue weighted by molar-refractivity contribution is 0.0124. The molecular weight excluding hydrogens is 507 g/mol. The van der Waals surface area contributed by atoms with Crippen molar-refractivity contribution < 1.29 is 9.15 Å². The van der Waals surface area contributed by atoms with Crippen molar-refractivity contribution >= 4 is 29.9 Å². The lowest BCUT2D eigenvalue weighted by Crippen LogP contribution is -2.48. The van der Waals surface area contributed by atoms with E-state index in [4.69, 9.17) is 9.15 Å². The number of ether oxygens (including phenoxy) is 1. The summed E-state index contributed by atoms with van der Waals surface area (Å²) >= 11 is 0. The summed E-state index contributed by atoms with van der Waals surface area (Å²) in [6.45, 7) is 12.4. The molecule has 2 aromatic rings. The molecule has 0 saturated carbocycles. The Hall–Kier alpha value is -1.59. The Kier molecular flexibility index (Phi) is 9.83. The van der Waals surface area contributed by atoms with E-state index in [1.807, 2.05) is 31.8 Å². The number of guanidine groups is 1. The van der Waals surface area contributed by atoms with Crippen molar-refractivity contribution in [2.45, 2.75) is 46.2 Å². The van der Waals surface area contributed by atoms with E-state index in [-0.39, 0.29) is 36.1 Å². The maximum Gasteiger partial charge on any atom is 0.191 e. The summed E-state index contributed by atoms with van der Waals surface area (Å²) in [6.07, 6.45) is 0.899. The molecule has 1 saturated heterocycles. The average molecular weight is 544 g/mol. The molecule has 174 valence electrons. The zero-order chi connectivity index (χ0) is 21.7. The SMILES string of the molecule is CN=C(NCC(c1ccc(C)o1)N1CCOCC1)NC(C)Cc1c(C)nn(C)c1C.I. The second-order valence-electron chi connectivity index (χ2n) is 8.09. The minimum atomic E-state index is 0. The van der Waals surface area contributed by atoms with Crippen LogP contribution in [0.15, 0.2) is 21.5 Å². The molecule has 1 aliphatic heterocycles. The minimum Gasteiger partial charge on any atom is -0.465 e. The molecule has 2 unspecified atom stereocenters. The smallest absolute Gasteiger partial charge is 0.191 e. The molecule has 9 heteroatoms. The first-order valence-corrected chi connectivity index (χ1v) is 10.7. The molecule has 2 N–H and O–H groups in total. The highest BCUT2D eigenvalue weighted by Gasteiger charge is 2.25. The van der Waals surface area contributed by atoms with E-state index < -0.39 is 0 Å². The number of aromatic nitrogens is 2. The number of furan rings is 1. The molecule has 0 bridgehead atoms. The molecule has 1 aliphatic rings. The fourth-order valence-corrected chi connectivity index (χ4v) is 4.02. The van der Waals surface area contributed by atoms with Gasteiger partial charge in [0.25, 0.3) is 0 Å². The second kappa shape index (κ2) is 11.9. The van der Waals surface area contributed by atoms with E-state index >= 15 is 0 Å². The van der Waals surface area contributed by atoms with Crippen molar-refractivity contribution in [3.8, 4) is 0 Å². The monoisotopic (exact) mass is 544 g/mol. The molecule has 2 atom stereocenters. The predicted octanol–water partition coefficient (Wildman–Crippen LogP) is 2.73. The Morgan fingerprint density at radius 1 is 1.23 bits per heavy atom. The van der Waals surface area contributed by atoms with Crippen LogP contribution >= 0.6 is 24.0 Å². The average Bonchev–Trinajstić information content (AvgIpc) is 3.26. The van der Waals surface area contributed by atoms with Crippen LogP contribution < -0.4 is 10.6 Å². The van der Waals surface area contributed by atoms with Gasteiger partial charge in [0.15, 0.2) is 5.96 Å². The zero-order valence-electron chi connectivity index (χ0n) is 19.6. The number of nitrogens with one attached hydrogen (secondary N) is 2. The molecule has 31 heavy (non-hydrogen) atoms. The minimum absolute atomic E-state index is 0. The highest BCUT2D eigenvalue weighted by atomic mass is 127. The number of morpholine rings is 1. The highest BCUT2D eigenvalue weighted by molar-refractivity contribution is 14.0. The number of aryl methyl sites for hydroxylation is 3. The maximum absolute atomic E-state index is 5.96. The number of nitrogens with zero attached hydrogens (tertiary/aromatic N) is 4. The lowest BCUT2D eigenvalue weighted by Gasteiger charge is -2.33. The van der Waals surface area contributed by atoms with Crippen molar-refractivity contribution in [3.05, 3.63) is 40.6 Å². The molecule has 0 aromatic carbocycles. The van der Waals surface area contributed by atoms with Crippen LogP contribution in [0.4, 0.5) is 0 Å². The molecule has 3 heterocycles. The Labute approximate surface area is 202 Å². The number of aliphatic imine (C=N–C) groups is 1. The summed E-state index contributed by atoms with van der Waals surface area (Å²) in [4.78, 5) is 6.85. The van der Waals surface area contributed by atoms with Gasteiger partial charge in [-0.25, -0.2) is 0 Å². The third kappa shape index (κ3) is 6.69. The summed E-state index contributed by atoms with van der Waals surface area (Å²) < 4.78 is 13.4. The molecular formula is C22H37IN6O2. The van der Waals surface area contributed by atoms with Crippen molar-refractivity contribution in [1.82, 2.24) is 25.3 Å². The van der Waals surface area contributed by atoms with Gasteiger partial charge in [0.2, 0.25) is 0 Å². The van der Waals surface area contributed by atoms with Crippen molar-refractivity contribution in [2.75, 3.05) is 39.9 Å². The Bertz CT molecular complexity index is 856. The van der Waals surface area contributed by atoms with Crippen LogP contribution in [-0.2, 0) is 18.2 Å². The van der Waals surface area contributed by atoms with Gasteiger partial charge in [-0.05, 0) is 51.8 Å². The summed E-state index contributed by atoms with van der Waals surface area (Å²) in [7, 11) is 3.80. The lowest BCUT2D eigenvalue weighted by atomic mass is 10.1.